The van der Waals surface area contributed by atoms with E-state index in [0.717, 1.165) is 57.8 Å². The molecule has 0 amide bonds. The third-order valence-electron chi connectivity index (χ3n) is 8.23. The average Bonchev–Trinajstić information content (AvgIpc) is 3.74. The maximum atomic E-state index is 12.1. The Morgan fingerprint density at radius 1 is 0.667 bits per heavy atom. The molecule has 1 N–H and O–H groups in total. The second kappa shape index (κ2) is 28.4. The van der Waals surface area contributed by atoms with Crippen molar-refractivity contribution in [3.63, 3.8) is 0 Å². The van der Waals surface area contributed by atoms with Crippen LogP contribution in [0, 0.1) is 0 Å². The zero-order valence-corrected chi connectivity index (χ0v) is 27.5. The first-order valence-corrected chi connectivity index (χ1v) is 17.9. The number of carbonyl (C=O) groups excluding carboxylic acids is 2. The van der Waals surface area contributed by atoms with Gasteiger partial charge in [0.05, 0.1) is 18.8 Å². The third-order valence-corrected chi connectivity index (χ3v) is 8.23. The molecule has 42 heavy (non-hydrogen) atoms. The molecule has 0 spiro atoms. The van der Waals surface area contributed by atoms with Crippen LogP contribution in [0.1, 0.15) is 174 Å². The van der Waals surface area contributed by atoms with E-state index >= 15 is 0 Å². The Hall–Kier alpha value is -1.40. The minimum atomic E-state index is -0.774. The number of unbranched alkanes of at least 4 members (excludes halogenated alkanes) is 18. The number of rotatable bonds is 31. The number of carbonyl (C=O) groups is 2. The van der Waals surface area contributed by atoms with Gasteiger partial charge in [-0.2, -0.15) is 0 Å². The average molecular weight is 595 g/mol. The van der Waals surface area contributed by atoms with Crippen LogP contribution in [-0.2, 0) is 23.8 Å². The van der Waals surface area contributed by atoms with Crippen LogP contribution in [0.2, 0.25) is 0 Å². The molecule has 6 nitrogen and oxygen atoms in total. The highest BCUT2D eigenvalue weighted by atomic mass is 16.6. The van der Waals surface area contributed by atoms with Crippen molar-refractivity contribution in [1.82, 2.24) is 0 Å². The van der Waals surface area contributed by atoms with E-state index in [0.29, 0.717) is 25.0 Å². The summed E-state index contributed by atoms with van der Waals surface area (Å²) in [5, 5.41) is 9.52. The SMILES string of the molecule is CCCCC/C=C\CC1OC1CCCCCCCC(=O)OC[C@H](CO)OC(=O)CCCCCCCCCCCCCC. The van der Waals surface area contributed by atoms with E-state index in [9.17, 15) is 14.7 Å². The molecule has 0 saturated carbocycles. The highest BCUT2D eigenvalue weighted by molar-refractivity contribution is 5.70. The second-order valence-electron chi connectivity index (χ2n) is 12.3. The van der Waals surface area contributed by atoms with Crippen molar-refractivity contribution in [1.29, 1.82) is 0 Å². The molecule has 2 unspecified atom stereocenters. The molecule has 1 aliphatic rings. The molecule has 1 heterocycles. The minimum absolute atomic E-state index is 0.0734. The van der Waals surface area contributed by atoms with Crippen LogP contribution in [0.25, 0.3) is 0 Å². The van der Waals surface area contributed by atoms with Crippen LogP contribution in [0.5, 0.6) is 0 Å². The molecular weight excluding hydrogens is 528 g/mol. The molecule has 246 valence electrons. The van der Waals surface area contributed by atoms with Crippen molar-refractivity contribution in [2.45, 2.75) is 193 Å². The number of aliphatic hydroxyl groups excluding tert-OH is 1. The first-order valence-electron chi connectivity index (χ1n) is 17.9. The molecule has 0 aromatic carbocycles. The topological polar surface area (TPSA) is 85.4 Å². The zero-order chi connectivity index (χ0) is 30.5. The lowest BCUT2D eigenvalue weighted by atomic mass is 10.0. The summed E-state index contributed by atoms with van der Waals surface area (Å²) in [6.45, 7) is 4.08. The molecule has 6 heteroatoms. The number of allylic oxidation sites excluding steroid dienone is 1. The molecule has 0 aromatic rings. The van der Waals surface area contributed by atoms with Crippen molar-refractivity contribution >= 4 is 11.9 Å². The van der Waals surface area contributed by atoms with Gasteiger partial charge in [-0.3, -0.25) is 9.59 Å². The smallest absolute Gasteiger partial charge is 0.306 e. The number of hydrogen-bond acceptors (Lipinski definition) is 6. The summed E-state index contributed by atoms with van der Waals surface area (Å²) in [4.78, 5) is 24.2. The first kappa shape index (κ1) is 38.6. The third kappa shape index (κ3) is 24.1. The lowest BCUT2D eigenvalue weighted by Crippen LogP contribution is -2.28. The summed E-state index contributed by atoms with van der Waals surface area (Å²) in [5.74, 6) is -0.610. The number of ether oxygens (including phenoxy) is 3. The fourth-order valence-corrected chi connectivity index (χ4v) is 5.38. The molecule has 1 rings (SSSR count). The Labute approximate surface area is 258 Å². The predicted octanol–water partition coefficient (Wildman–Crippen LogP) is 9.55. The Kier molecular flexibility index (Phi) is 26.1. The van der Waals surface area contributed by atoms with Crippen LogP contribution >= 0.6 is 0 Å². The minimum Gasteiger partial charge on any atom is -0.462 e. The Morgan fingerprint density at radius 3 is 1.79 bits per heavy atom. The van der Waals surface area contributed by atoms with Gasteiger partial charge in [0.2, 0.25) is 0 Å². The Morgan fingerprint density at radius 2 is 1.19 bits per heavy atom. The molecule has 0 aromatic heterocycles. The van der Waals surface area contributed by atoms with Crippen LogP contribution < -0.4 is 0 Å². The summed E-state index contributed by atoms with van der Waals surface area (Å²) in [6.07, 6.45) is 32.8. The van der Waals surface area contributed by atoms with E-state index in [4.69, 9.17) is 14.2 Å². The quantitative estimate of drug-likeness (QED) is 0.0372. The van der Waals surface area contributed by atoms with Gasteiger partial charge >= 0.3 is 11.9 Å². The van der Waals surface area contributed by atoms with Crippen LogP contribution in [0.3, 0.4) is 0 Å². The van der Waals surface area contributed by atoms with Crippen LogP contribution in [0.15, 0.2) is 12.2 Å². The highest BCUT2D eigenvalue weighted by Crippen LogP contribution is 2.30. The second-order valence-corrected chi connectivity index (χ2v) is 12.3. The number of esters is 2. The number of epoxide rings is 1. The Balaban J connectivity index is 1.90. The van der Waals surface area contributed by atoms with Gasteiger partial charge in [0.1, 0.15) is 6.61 Å². The summed E-state index contributed by atoms with van der Waals surface area (Å²) >= 11 is 0. The van der Waals surface area contributed by atoms with E-state index in [-0.39, 0.29) is 25.2 Å². The van der Waals surface area contributed by atoms with Gasteiger partial charge in [-0.25, -0.2) is 0 Å². The predicted molar refractivity (Wildman–Crippen MR) is 172 cm³/mol. The highest BCUT2D eigenvalue weighted by Gasteiger charge is 2.36. The van der Waals surface area contributed by atoms with Crippen LogP contribution in [-0.4, -0.2) is 48.6 Å². The standard InChI is InChI=1S/C36H66O6/c1-3-5-7-9-11-12-13-14-15-16-20-25-29-36(39)41-32(30-37)31-40-35(38)28-24-21-17-19-23-27-34-33(42-34)26-22-18-10-8-6-4-2/h18,22,32-34,37H,3-17,19-21,23-31H2,1-2H3/b22-18-/t32-,33?,34?/m0/s1. The summed E-state index contributed by atoms with van der Waals surface area (Å²) in [7, 11) is 0. The summed E-state index contributed by atoms with van der Waals surface area (Å²) in [5.41, 5.74) is 0. The van der Waals surface area contributed by atoms with Gasteiger partial charge < -0.3 is 19.3 Å². The van der Waals surface area contributed by atoms with Crippen molar-refractivity contribution in [2.75, 3.05) is 13.2 Å². The number of hydrogen-bond donors (Lipinski definition) is 1. The van der Waals surface area contributed by atoms with Gasteiger partial charge in [-0.15, -0.1) is 0 Å². The van der Waals surface area contributed by atoms with Gasteiger partial charge in [-0.1, -0.05) is 135 Å². The number of aliphatic hydroxyl groups is 1. The van der Waals surface area contributed by atoms with E-state index in [1.807, 2.05) is 0 Å². The lowest BCUT2D eigenvalue weighted by Gasteiger charge is -2.15. The zero-order valence-electron chi connectivity index (χ0n) is 27.5. The van der Waals surface area contributed by atoms with Gasteiger partial charge in [0.15, 0.2) is 6.10 Å². The van der Waals surface area contributed by atoms with E-state index in [1.165, 1.54) is 89.9 Å². The lowest BCUT2D eigenvalue weighted by molar-refractivity contribution is -0.161. The first-order chi connectivity index (χ1) is 20.6. The maximum Gasteiger partial charge on any atom is 0.306 e. The molecule has 0 radical (unpaired) electrons. The molecule has 3 atom stereocenters. The summed E-state index contributed by atoms with van der Waals surface area (Å²) < 4.78 is 16.3. The molecule has 1 fully saturated rings. The van der Waals surface area contributed by atoms with Gasteiger partial charge in [0.25, 0.3) is 0 Å². The molecule has 1 aliphatic heterocycles. The van der Waals surface area contributed by atoms with Gasteiger partial charge in [0, 0.05) is 12.8 Å². The normalized spacial score (nSPS) is 17.0. The van der Waals surface area contributed by atoms with E-state index < -0.39 is 6.10 Å². The van der Waals surface area contributed by atoms with Crippen LogP contribution in [0.4, 0.5) is 0 Å². The molecule has 0 aliphatic carbocycles. The fraction of sp³-hybridized carbons (Fsp3) is 0.889. The largest absolute Gasteiger partial charge is 0.462 e. The fourth-order valence-electron chi connectivity index (χ4n) is 5.38. The van der Waals surface area contributed by atoms with Crippen molar-refractivity contribution in [3.05, 3.63) is 12.2 Å². The van der Waals surface area contributed by atoms with Crippen molar-refractivity contribution < 1.29 is 28.9 Å². The molecule has 1 saturated heterocycles. The molecule has 0 bridgehead atoms. The van der Waals surface area contributed by atoms with E-state index in [1.54, 1.807) is 0 Å². The van der Waals surface area contributed by atoms with E-state index in [2.05, 4.69) is 26.0 Å². The summed E-state index contributed by atoms with van der Waals surface area (Å²) in [6, 6.07) is 0. The van der Waals surface area contributed by atoms with Crippen molar-refractivity contribution in [3.8, 4) is 0 Å². The van der Waals surface area contributed by atoms with Gasteiger partial charge in [-0.05, 0) is 38.5 Å². The maximum absolute atomic E-state index is 12.1. The van der Waals surface area contributed by atoms with Crippen molar-refractivity contribution in [2.24, 2.45) is 0 Å². The Bertz CT molecular complexity index is 663. The monoisotopic (exact) mass is 594 g/mol. The molecular formula is C36H66O6.